The van der Waals surface area contributed by atoms with Crippen LogP contribution in [0.5, 0.6) is 11.5 Å². The summed E-state index contributed by atoms with van der Waals surface area (Å²) in [5.41, 5.74) is -0.696. The summed E-state index contributed by atoms with van der Waals surface area (Å²) in [5.74, 6) is 0.524. The number of methoxy groups -OCH3 is 1. The summed E-state index contributed by atoms with van der Waals surface area (Å²) in [7, 11) is 1.34. The van der Waals surface area contributed by atoms with E-state index in [2.05, 4.69) is 5.32 Å². The number of alkyl carbamates (subject to hydrolysis) is 1. The fraction of sp³-hybridized carbons (Fsp3) is 0.500. The predicted molar refractivity (Wildman–Crippen MR) is 79.4 cm³/mol. The summed E-state index contributed by atoms with van der Waals surface area (Å²) in [6, 6.07) is 4.19. The minimum Gasteiger partial charge on any atom is -0.492 e. The number of nitro benzene ring substituents is 1. The summed E-state index contributed by atoms with van der Waals surface area (Å²) in [6.45, 7) is 5.75. The first-order chi connectivity index (χ1) is 10.2. The smallest absolute Gasteiger partial charge is 0.407 e. The zero-order valence-corrected chi connectivity index (χ0v) is 13.0. The predicted octanol–water partition coefficient (Wildman–Crippen LogP) is 2.51. The number of benzene rings is 1. The Morgan fingerprint density at radius 1 is 1.36 bits per heavy atom. The lowest BCUT2D eigenvalue weighted by Gasteiger charge is -2.19. The lowest BCUT2D eigenvalue weighted by atomic mass is 10.2. The third kappa shape index (κ3) is 5.86. The van der Waals surface area contributed by atoms with Crippen LogP contribution in [0.4, 0.5) is 10.5 Å². The summed E-state index contributed by atoms with van der Waals surface area (Å²) < 4.78 is 15.4. The summed E-state index contributed by atoms with van der Waals surface area (Å²) in [6.07, 6.45) is -0.530. The van der Waals surface area contributed by atoms with Crippen LogP contribution in [-0.4, -0.2) is 36.9 Å². The van der Waals surface area contributed by atoms with E-state index in [1.807, 2.05) is 0 Å². The van der Waals surface area contributed by atoms with Crippen molar-refractivity contribution in [3.8, 4) is 11.5 Å². The van der Waals surface area contributed by atoms with Crippen molar-refractivity contribution in [3.63, 3.8) is 0 Å². The molecule has 0 aliphatic carbocycles. The molecule has 1 amide bonds. The third-order valence-corrected chi connectivity index (χ3v) is 2.39. The molecule has 122 valence electrons. The molecule has 0 aliphatic heterocycles. The molecule has 0 saturated carbocycles. The summed E-state index contributed by atoms with van der Waals surface area (Å²) in [4.78, 5) is 21.6. The van der Waals surface area contributed by atoms with Crippen molar-refractivity contribution in [2.45, 2.75) is 26.4 Å². The van der Waals surface area contributed by atoms with E-state index in [1.54, 1.807) is 20.8 Å². The second kappa shape index (κ2) is 7.48. The highest BCUT2D eigenvalue weighted by atomic mass is 16.6. The average Bonchev–Trinajstić information content (AvgIpc) is 2.41. The fourth-order valence-electron chi connectivity index (χ4n) is 1.53. The minimum atomic E-state index is -0.559. The molecule has 1 N–H and O–H groups in total. The van der Waals surface area contributed by atoms with Crippen molar-refractivity contribution < 1.29 is 23.9 Å². The first-order valence-corrected chi connectivity index (χ1v) is 6.65. The maximum absolute atomic E-state index is 11.4. The van der Waals surface area contributed by atoms with Crippen LogP contribution in [-0.2, 0) is 4.74 Å². The Bertz CT molecular complexity index is 539. The number of rotatable bonds is 6. The molecular formula is C14H20N2O6. The molecule has 0 aromatic heterocycles. The highest BCUT2D eigenvalue weighted by Crippen LogP contribution is 2.30. The van der Waals surface area contributed by atoms with Gasteiger partial charge in [0, 0.05) is 12.1 Å². The van der Waals surface area contributed by atoms with Crippen molar-refractivity contribution in [2.24, 2.45) is 0 Å². The summed E-state index contributed by atoms with van der Waals surface area (Å²) >= 11 is 0. The molecule has 0 heterocycles. The van der Waals surface area contributed by atoms with Gasteiger partial charge in [-0.3, -0.25) is 10.1 Å². The Kier molecular flexibility index (Phi) is 5.97. The third-order valence-electron chi connectivity index (χ3n) is 2.39. The minimum absolute atomic E-state index is 0.114. The van der Waals surface area contributed by atoms with Crippen LogP contribution >= 0.6 is 0 Å². The number of hydrogen-bond donors (Lipinski definition) is 1. The molecule has 0 spiro atoms. The Balaban J connectivity index is 2.46. The van der Waals surface area contributed by atoms with Gasteiger partial charge in [-0.2, -0.15) is 0 Å². The molecule has 0 fully saturated rings. The molecule has 0 unspecified atom stereocenters. The molecule has 1 aromatic carbocycles. The largest absolute Gasteiger partial charge is 0.492 e. The van der Waals surface area contributed by atoms with Crippen molar-refractivity contribution in [2.75, 3.05) is 20.3 Å². The first kappa shape index (κ1) is 17.5. The Hall–Kier alpha value is -2.51. The Labute approximate surface area is 128 Å². The quantitative estimate of drug-likeness (QED) is 0.492. The van der Waals surface area contributed by atoms with Crippen LogP contribution in [0.3, 0.4) is 0 Å². The van der Waals surface area contributed by atoms with E-state index in [0.717, 1.165) is 0 Å². The zero-order valence-electron chi connectivity index (χ0n) is 13.0. The van der Waals surface area contributed by atoms with E-state index < -0.39 is 16.6 Å². The fourth-order valence-corrected chi connectivity index (χ4v) is 1.53. The zero-order chi connectivity index (χ0) is 16.8. The van der Waals surface area contributed by atoms with E-state index in [9.17, 15) is 14.9 Å². The van der Waals surface area contributed by atoms with Gasteiger partial charge < -0.3 is 19.5 Å². The van der Waals surface area contributed by atoms with Gasteiger partial charge in [0.15, 0.2) is 0 Å². The normalized spacial score (nSPS) is 10.7. The monoisotopic (exact) mass is 312 g/mol. The van der Waals surface area contributed by atoms with Crippen molar-refractivity contribution in [1.29, 1.82) is 0 Å². The number of nitrogens with zero attached hydrogens (tertiary/aromatic N) is 1. The van der Waals surface area contributed by atoms with Gasteiger partial charge in [-0.25, -0.2) is 4.79 Å². The maximum Gasteiger partial charge on any atom is 0.407 e. The average molecular weight is 312 g/mol. The Morgan fingerprint density at radius 2 is 2.05 bits per heavy atom. The highest BCUT2D eigenvalue weighted by Gasteiger charge is 2.16. The van der Waals surface area contributed by atoms with Gasteiger partial charge >= 0.3 is 11.8 Å². The molecule has 0 radical (unpaired) electrons. The molecular weight excluding hydrogens is 292 g/mol. The molecule has 22 heavy (non-hydrogen) atoms. The number of nitro groups is 1. The van der Waals surface area contributed by atoms with E-state index in [-0.39, 0.29) is 24.6 Å². The maximum atomic E-state index is 11.4. The van der Waals surface area contributed by atoms with Crippen LogP contribution in [0.25, 0.3) is 0 Å². The first-order valence-electron chi connectivity index (χ1n) is 6.65. The molecule has 0 aliphatic rings. The number of carbonyl (C=O) groups excluding carboxylic acids is 1. The molecule has 1 rings (SSSR count). The van der Waals surface area contributed by atoms with Gasteiger partial charge in [0.25, 0.3) is 0 Å². The van der Waals surface area contributed by atoms with Gasteiger partial charge in [-0.1, -0.05) is 0 Å². The molecule has 8 heteroatoms. The Morgan fingerprint density at radius 3 is 2.59 bits per heavy atom. The molecule has 0 atom stereocenters. The van der Waals surface area contributed by atoms with Gasteiger partial charge in [0.05, 0.1) is 18.6 Å². The van der Waals surface area contributed by atoms with Crippen molar-refractivity contribution >= 4 is 11.8 Å². The van der Waals surface area contributed by atoms with Crippen molar-refractivity contribution in [1.82, 2.24) is 5.32 Å². The lowest BCUT2D eigenvalue weighted by molar-refractivity contribution is -0.385. The molecule has 0 saturated heterocycles. The number of nitrogens with one attached hydrogen (secondary N) is 1. The van der Waals surface area contributed by atoms with E-state index in [0.29, 0.717) is 5.75 Å². The second-order valence-corrected chi connectivity index (χ2v) is 5.37. The number of hydrogen-bond acceptors (Lipinski definition) is 6. The van der Waals surface area contributed by atoms with Gasteiger partial charge in [-0.05, 0) is 26.8 Å². The van der Waals surface area contributed by atoms with Crippen LogP contribution in [0.1, 0.15) is 20.8 Å². The van der Waals surface area contributed by atoms with Gasteiger partial charge in [-0.15, -0.1) is 0 Å². The highest BCUT2D eigenvalue weighted by molar-refractivity contribution is 5.67. The van der Waals surface area contributed by atoms with Crippen molar-refractivity contribution in [3.05, 3.63) is 28.3 Å². The SMILES string of the molecule is COc1cc(OCCNC(=O)OC(C)(C)C)ccc1[N+](=O)[O-]. The number of amides is 1. The standard InChI is InChI=1S/C14H20N2O6/c1-14(2,3)22-13(17)15-7-8-21-10-5-6-11(16(18)19)12(9-10)20-4/h5-6,9H,7-8H2,1-4H3,(H,15,17). The van der Waals surface area contributed by atoms with E-state index in [4.69, 9.17) is 14.2 Å². The van der Waals surface area contributed by atoms with E-state index >= 15 is 0 Å². The van der Waals surface area contributed by atoms with Crippen LogP contribution < -0.4 is 14.8 Å². The molecule has 0 bridgehead atoms. The van der Waals surface area contributed by atoms with Crippen LogP contribution in [0.15, 0.2) is 18.2 Å². The van der Waals surface area contributed by atoms with Crippen LogP contribution in [0, 0.1) is 10.1 Å². The summed E-state index contributed by atoms with van der Waals surface area (Å²) in [5, 5.41) is 13.3. The number of carbonyl (C=O) groups is 1. The van der Waals surface area contributed by atoms with E-state index in [1.165, 1.54) is 25.3 Å². The second-order valence-electron chi connectivity index (χ2n) is 5.37. The molecule has 8 nitrogen and oxygen atoms in total. The lowest BCUT2D eigenvalue weighted by Crippen LogP contribution is -2.34. The molecule has 1 aromatic rings. The van der Waals surface area contributed by atoms with Crippen LogP contribution in [0.2, 0.25) is 0 Å². The van der Waals surface area contributed by atoms with Gasteiger partial charge in [0.1, 0.15) is 18.0 Å². The number of ether oxygens (including phenoxy) is 3. The van der Waals surface area contributed by atoms with Gasteiger partial charge in [0.2, 0.25) is 5.75 Å². The topological polar surface area (TPSA) is 99.9 Å².